The lowest BCUT2D eigenvalue weighted by Gasteiger charge is -1.97. The topological polar surface area (TPSA) is 68.9 Å². The number of rotatable bonds is 2. The van der Waals surface area contributed by atoms with Crippen LogP contribution in [0, 0.1) is 0 Å². The summed E-state index contributed by atoms with van der Waals surface area (Å²) < 4.78 is 2.63. The van der Waals surface area contributed by atoms with Gasteiger partial charge in [0.2, 0.25) is 4.96 Å². The third-order valence-corrected chi connectivity index (χ3v) is 4.26. The minimum Gasteiger partial charge on any atom is -0.265 e. The predicted molar refractivity (Wildman–Crippen MR) is 82.8 cm³/mol. The van der Waals surface area contributed by atoms with E-state index in [1.807, 2.05) is 18.2 Å². The second-order valence-electron chi connectivity index (χ2n) is 4.25. The summed E-state index contributed by atoms with van der Waals surface area (Å²) in [6, 6.07) is 5.78. The summed E-state index contributed by atoms with van der Waals surface area (Å²) in [5.41, 5.74) is 1.88. The highest BCUT2D eigenvalue weighted by molar-refractivity contribution is 9.10. The van der Waals surface area contributed by atoms with Crippen LogP contribution in [0.3, 0.4) is 0 Å². The minimum absolute atomic E-state index is 0.676. The third kappa shape index (κ3) is 2.22. The Morgan fingerprint density at radius 3 is 2.67 bits per heavy atom. The highest BCUT2D eigenvalue weighted by atomic mass is 79.9. The molecule has 0 atom stereocenters. The van der Waals surface area contributed by atoms with Gasteiger partial charge in [-0.1, -0.05) is 11.3 Å². The van der Waals surface area contributed by atoms with Gasteiger partial charge in [-0.2, -0.15) is 9.61 Å². The molecule has 0 aliphatic heterocycles. The average Bonchev–Trinajstić information content (AvgIpc) is 3.08. The Morgan fingerprint density at radius 1 is 1.00 bits per heavy atom. The Morgan fingerprint density at radius 2 is 1.86 bits per heavy atom. The molecule has 0 bridgehead atoms. The maximum Gasteiger partial charge on any atom is 0.235 e. The van der Waals surface area contributed by atoms with Crippen molar-refractivity contribution in [2.75, 3.05) is 0 Å². The smallest absolute Gasteiger partial charge is 0.235 e. The number of aromatic nitrogens is 6. The first-order valence-electron chi connectivity index (χ1n) is 6.05. The van der Waals surface area contributed by atoms with Crippen LogP contribution in [0.5, 0.6) is 0 Å². The van der Waals surface area contributed by atoms with Crippen molar-refractivity contribution in [1.82, 2.24) is 29.8 Å². The molecule has 0 spiro atoms. The van der Waals surface area contributed by atoms with Gasteiger partial charge >= 0.3 is 0 Å². The largest absolute Gasteiger partial charge is 0.265 e. The van der Waals surface area contributed by atoms with Gasteiger partial charge in [-0.15, -0.1) is 10.2 Å². The number of fused-ring (bicyclic) bond motifs is 1. The van der Waals surface area contributed by atoms with Gasteiger partial charge in [0.25, 0.3) is 0 Å². The lowest BCUT2D eigenvalue weighted by atomic mass is 10.3. The number of nitrogens with zero attached hydrogens (tertiary/aromatic N) is 6. The van der Waals surface area contributed by atoms with Crippen molar-refractivity contribution in [3.8, 4) is 22.0 Å². The van der Waals surface area contributed by atoms with E-state index in [0.29, 0.717) is 5.82 Å². The number of hydrogen-bond donors (Lipinski definition) is 0. The van der Waals surface area contributed by atoms with Crippen molar-refractivity contribution >= 4 is 32.2 Å². The van der Waals surface area contributed by atoms with E-state index < -0.39 is 0 Å². The van der Waals surface area contributed by atoms with E-state index in [1.165, 1.54) is 11.3 Å². The standard InChI is InChI=1S/C13H7BrN6S/c14-10-5-9(6-16-7-10)11-17-18-13-20(11)19-12(21-13)8-1-3-15-4-2-8/h1-7H. The summed E-state index contributed by atoms with van der Waals surface area (Å²) in [7, 11) is 0. The van der Waals surface area contributed by atoms with Gasteiger partial charge in [-0.25, -0.2) is 0 Å². The summed E-state index contributed by atoms with van der Waals surface area (Å²) in [6.07, 6.45) is 6.96. The van der Waals surface area contributed by atoms with E-state index in [9.17, 15) is 0 Å². The maximum absolute atomic E-state index is 4.59. The number of halogens is 1. The lowest BCUT2D eigenvalue weighted by Crippen LogP contribution is -1.91. The summed E-state index contributed by atoms with van der Waals surface area (Å²) >= 11 is 4.90. The predicted octanol–water partition coefficient (Wildman–Crippen LogP) is 3.07. The van der Waals surface area contributed by atoms with Crippen molar-refractivity contribution in [1.29, 1.82) is 0 Å². The van der Waals surface area contributed by atoms with Crippen molar-refractivity contribution in [2.45, 2.75) is 0 Å². The molecule has 4 aromatic rings. The summed E-state index contributed by atoms with van der Waals surface area (Å²) in [6.45, 7) is 0. The van der Waals surface area contributed by atoms with Gasteiger partial charge in [-0.3, -0.25) is 9.97 Å². The first-order valence-corrected chi connectivity index (χ1v) is 7.66. The van der Waals surface area contributed by atoms with Crippen molar-refractivity contribution in [2.24, 2.45) is 0 Å². The molecule has 0 aliphatic carbocycles. The van der Waals surface area contributed by atoms with E-state index in [-0.39, 0.29) is 0 Å². The fourth-order valence-corrected chi connectivity index (χ4v) is 3.15. The Balaban J connectivity index is 1.87. The summed E-state index contributed by atoms with van der Waals surface area (Å²) in [5, 5.41) is 13.8. The first kappa shape index (κ1) is 12.5. The molecular weight excluding hydrogens is 352 g/mol. The van der Waals surface area contributed by atoms with Crippen LogP contribution in [0.15, 0.2) is 47.5 Å². The Labute approximate surface area is 131 Å². The monoisotopic (exact) mass is 358 g/mol. The second kappa shape index (κ2) is 4.97. The molecule has 0 saturated carbocycles. The Kier molecular flexibility index (Phi) is 2.97. The molecule has 4 aromatic heterocycles. The second-order valence-corrected chi connectivity index (χ2v) is 6.12. The van der Waals surface area contributed by atoms with E-state index >= 15 is 0 Å². The van der Waals surface area contributed by atoms with Crippen LogP contribution < -0.4 is 0 Å². The molecule has 0 aromatic carbocycles. The molecular formula is C13H7BrN6S. The van der Waals surface area contributed by atoms with Gasteiger partial charge in [-0.05, 0) is 34.1 Å². The molecule has 6 nitrogen and oxygen atoms in total. The van der Waals surface area contributed by atoms with Crippen LogP contribution in [0.2, 0.25) is 0 Å². The van der Waals surface area contributed by atoms with Gasteiger partial charge in [0.1, 0.15) is 5.01 Å². The lowest BCUT2D eigenvalue weighted by molar-refractivity contribution is 0.968. The minimum atomic E-state index is 0.676. The van der Waals surface area contributed by atoms with Crippen molar-refractivity contribution in [3.05, 3.63) is 47.5 Å². The van der Waals surface area contributed by atoms with E-state index in [0.717, 1.165) is 25.6 Å². The molecule has 0 unspecified atom stereocenters. The van der Waals surface area contributed by atoms with Crippen LogP contribution >= 0.6 is 27.3 Å². The molecule has 0 saturated heterocycles. The zero-order chi connectivity index (χ0) is 14.2. The molecule has 0 fully saturated rings. The molecule has 0 amide bonds. The van der Waals surface area contributed by atoms with E-state index in [1.54, 1.807) is 29.3 Å². The molecule has 8 heteroatoms. The molecule has 0 N–H and O–H groups in total. The SMILES string of the molecule is Brc1cncc(-c2nnc3sc(-c4ccncc4)nn23)c1. The van der Waals surface area contributed by atoms with E-state index in [4.69, 9.17) is 0 Å². The van der Waals surface area contributed by atoms with Crippen LogP contribution in [0.25, 0.3) is 26.9 Å². The van der Waals surface area contributed by atoms with Crippen LogP contribution in [0.4, 0.5) is 0 Å². The van der Waals surface area contributed by atoms with E-state index in [2.05, 4.69) is 41.2 Å². The quantitative estimate of drug-likeness (QED) is 0.550. The average molecular weight is 359 g/mol. The third-order valence-electron chi connectivity index (χ3n) is 2.88. The van der Waals surface area contributed by atoms with Crippen molar-refractivity contribution in [3.63, 3.8) is 0 Å². The first-order chi connectivity index (χ1) is 10.3. The fraction of sp³-hybridized carbons (Fsp3) is 0. The van der Waals surface area contributed by atoms with Gasteiger partial charge in [0.05, 0.1) is 0 Å². The highest BCUT2D eigenvalue weighted by Crippen LogP contribution is 2.28. The molecule has 102 valence electrons. The molecule has 0 aliphatic rings. The summed E-state index contributed by atoms with van der Waals surface area (Å²) in [5.74, 6) is 0.676. The molecule has 21 heavy (non-hydrogen) atoms. The van der Waals surface area contributed by atoms with Gasteiger partial charge < -0.3 is 0 Å². The van der Waals surface area contributed by atoms with Gasteiger partial charge in [0.15, 0.2) is 5.82 Å². The Bertz CT molecular complexity index is 917. The van der Waals surface area contributed by atoms with Crippen LogP contribution in [-0.4, -0.2) is 29.8 Å². The molecule has 4 heterocycles. The maximum atomic E-state index is 4.59. The number of hydrogen-bond acceptors (Lipinski definition) is 6. The fourth-order valence-electron chi connectivity index (χ4n) is 1.94. The van der Waals surface area contributed by atoms with Crippen molar-refractivity contribution < 1.29 is 0 Å². The molecule has 4 rings (SSSR count). The number of pyridine rings is 2. The van der Waals surface area contributed by atoms with Gasteiger partial charge in [0, 0.05) is 40.4 Å². The Hall–Kier alpha value is -2.19. The zero-order valence-electron chi connectivity index (χ0n) is 10.5. The van der Waals surface area contributed by atoms with Crippen LogP contribution in [0.1, 0.15) is 0 Å². The normalized spacial score (nSPS) is 11.1. The highest BCUT2D eigenvalue weighted by Gasteiger charge is 2.14. The summed E-state index contributed by atoms with van der Waals surface area (Å²) in [4.78, 5) is 8.91. The molecule has 0 radical (unpaired) electrons. The van der Waals surface area contributed by atoms with Crippen LogP contribution in [-0.2, 0) is 0 Å². The zero-order valence-corrected chi connectivity index (χ0v) is 12.9.